The van der Waals surface area contributed by atoms with Crippen LogP contribution in [0, 0.1) is 17.7 Å². The third kappa shape index (κ3) is 2.92. The molecule has 1 fully saturated rings. The van der Waals surface area contributed by atoms with Crippen LogP contribution in [0.1, 0.15) is 25.8 Å². The van der Waals surface area contributed by atoms with E-state index in [1.54, 1.807) is 12.1 Å². The highest BCUT2D eigenvalue weighted by Crippen LogP contribution is 2.34. The largest absolute Gasteiger partial charge is 0.389 e. The van der Waals surface area contributed by atoms with Crippen LogP contribution in [0.3, 0.4) is 0 Å². The summed E-state index contributed by atoms with van der Waals surface area (Å²) < 4.78 is 14.8. The van der Waals surface area contributed by atoms with Crippen molar-refractivity contribution in [1.82, 2.24) is 0 Å². The van der Waals surface area contributed by atoms with Gasteiger partial charge in [-0.1, -0.05) is 26.1 Å². The minimum atomic E-state index is -0.269. The molecular weight excluding hydrogens is 327 g/mol. The maximum Gasteiger partial charge on any atom is 0.161 e. The predicted octanol–water partition coefficient (Wildman–Crippen LogP) is 3.70. The molecule has 1 aliphatic heterocycles. The van der Waals surface area contributed by atoms with Crippen molar-refractivity contribution in [3.63, 3.8) is 0 Å². The van der Waals surface area contributed by atoms with E-state index in [1.807, 2.05) is 0 Å². The quantitative estimate of drug-likeness (QED) is 0.847. The van der Waals surface area contributed by atoms with Crippen LogP contribution in [-0.2, 0) is 0 Å². The Morgan fingerprint density at radius 3 is 2.74 bits per heavy atom. The molecule has 1 saturated heterocycles. The summed E-state index contributed by atoms with van der Waals surface area (Å²) in [4.78, 5) is 2.31. The van der Waals surface area contributed by atoms with Gasteiger partial charge in [-0.2, -0.15) is 0 Å². The van der Waals surface area contributed by atoms with Crippen LogP contribution in [0.5, 0.6) is 0 Å². The van der Waals surface area contributed by atoms with Gasteiger partial charge >= 0.3 is 0 Å². The third-order valence-corrected chi connectivity index (χ3v) is 4.83. The smallest absolute Gasteiger partial charge is 0.161 e. The lowest BCUT2D eigenvalue weighted by Gasteiger charge is -2.21. The van der Waals surface area contributed by atoms with Crippen molar-refractivity contribution < 1.29 is 4.39 Å². The average Bonchev–Trinajstić information content (AvgIpc) is 2.81. The van der Waals surface area contributed by atoms with Crippen LogP contribution in [0.2, 0.25) is 0 Å². The van der Waals surface area contributed by atoms with Gasteiger partial charge in [0, 0.05) is 18.7 Å². The summed E-state index contributed by atoms with van der Waals surface area (Å²) in [5.41, 5.74) is 6.76. The summed E-state index contributed by atoms with van der Waals surface area (Å²) in [5, 5.41) is 0. The minimum absolute atomic E-state index is 0.207. The van der Waals surface area contributed by atoms with Crippen LogP contribution >= 0.6 is 28.1 Å². The van der Waals surface area contributed by atoms with E-state index in [2.05, 4.69) is 34.7 Å². The number of anilines is 1. The molecule has 1 heterocycles. The van der Waals surface area contributed by atoms with Gasteiger partial charge in [0.1, 0.15) is 4.99 Å². The molecule has 0 spiro atoms. The lowest BCUT2D eigenvalue weighted by Crippen LogP contribution is -2.23. The molecule has 1 aromatic rings. The van der Waals surface area contributed by atoms with Gasteiger partial charge in [-0.15, -0.1) is 0 Å². The number of benzene rings is 1. The molecule has 2 rings (SSSR count). The Morgan fingerprint density at radius 1 is 1.53 bits per heavy atom. The number of nitrogens with two attached hydrogens (primary N) is 1. The van der Waals surface area contributed by atoms with Crippen LogP contribution < -0.4 is 10.6 Å². The summed E-state index contributed by atoms with van der Waals surface area (Å²) in [6, 6.07) is 3.56. The Morgan fingerprint density at radius 2 is 2.21 bits per heavy atom. The molecule has 0 amide bonds. The van der Waals surface area contributed by atoms with Crippen molar-refractivity contribution in [3.05, 3.63) is 28.0 Å². The van der Waals surface area contributed by atoms with Crippen molar-refractivity contribution in [2.24, 2.45) is 17.6 Å². The Hall–Kier alpha value is -0.680. The van der Waals surface area contributed by atoms with E-state index >= 15 is 0 Å². The number of thiocarbonyl (C=S) groups is 1. The third-order valence-electron chi connectivity index (χ3n) is 3.84. The van der Waals surface area contributed by atoms with Crippen molar-refractivity contribution >= 4 is 38.8 Å². The number of rotatable bonds is 3. The fourth-order valence-corrected chi connectivity index (χ4v) is 3.37. The number of hydrogen-bond donors (Lipinski definition) is 1. The van der Waals surface area contributed by atoms with Crippen LogP contribution in [0.15, 0.2) is 16.6 Å². The highest BCUT2D eigenvalue weighted by atomic mass is 79.9. The highest BCUT2D eigenvalue weighted by Gasteiger charge is 2.27. The van der Waals surface area contributed by atoms with Gasteiger partial charge in [0.05, 0.1) is 10.2 Å². The average molecular weight is 345 g/mol. The zero-order valence-electron chi connectivity index (χ0n) is 11.1. The molecule has 1 aromatic carbocycles. The SMILES string of the molecule is CC(C)C1CCN(c2ccc(C(N)=S)c(Br)c2F)C1. The maximum atomic E-state index is 14.4. The summed E-state index contributed by atoms with van der Waals surface area (Å²) >= 11 is 8.16. The lowest BCUT2D eigenvalue weighted by molar-refractivity contribution is 0.422. The minimum Gasteiger partial charge on any atom is -0.389 e. The topological polar surface area (TPSA) is 29.3 Å². The normalized spacial score (nSPS) is 19.2. The van der Waals surface area contributed by atoms with E-state index in [1.165, 1.54) is 0 Å². The zero-order valence-corrected chi connectivity index (χ0v) is 13.5. The Labute approximate surface area is 127 Å². The second-order valence-electron chi connectivity index (χ2n) is 5.36. The monoisotopic (exact) mass is 344 g/mol. The van der Waals surface area contributed by atoms with Crippen LogP contribution in [0.25, 0.3) is 0 Å². The van der Waals surface area contributed by atoms with Gasteiger partial charge < -0.3 is 10.6 Å². The van der Waals surface area contributed by atoms with E-state index < -0.39 is 0 Å². The molecule has 2 nitrogen and oxygen atoms in total. The van der Waals surface area contributed by atoms with E-state index in [-0.39, 0.29) is 10.8 Å². The summed E-state index contributed by atoms with van der Waals surface area (Å²) in [7, 11) is 0. The van der Waals surface area contributed by atoms with Gasteiger partial charge in [0.2, 0.25) is 0 Å². The Balaban J connectivity index is 2.28. The molecule has 0 aliphatic carbocycles. The maximum absolute atomic E-state index is 14.4. The Kier molecular flexibility index (Phi) is 4.46. The van der Waals surface area contributed by atoms with Crippen molar-refractivity contribution in [2.45, 2.75) is 20.3 Å². The summed E-state index contributed by atoms with van der Waals surface area (Å²) in [5.74, 6) is 0.996. The number of halogens is 2. The van der Waals surface area contributed by atoms with E-state index in [4.69, 9.17) is 18.0 Å². The van der Waals surface area contributed by atoms with E-state index in [9.17, 15) is 4.39 Å². The van der Waals surface area contributed by atoms with Gasteiger partial charge in [0.25, 0.3) is 0 Å². The molecule has 19 heavy (non-hydrogen) atoms. The summed E-state index contributed by atoms with van der Waals surface area (Å²) in [6.45, 7) is 6.25. The highest BCUT2D eigenvalue weighted by molar-refractivity contribution is 9.10. The molecule has 104 valence electrons. The predicted molar refractivity (Wildman–Crippen MR) is 85.1 cm³/mol. The second-order valence-corrected chi connectivity index (χ2v) is 6.60. The van der Waals surface area contributed by atoms with Gasteiger partial charge in [-0.3, -0.25) is 0 Å². The number of hydrogen-bond acceptors (Lipinski definition) is 2. The molecule has 0 radical (unpaired) electrons. The first-order chi connectivity index (χ1) is 8.91. The molecule has 2 N–H and O–H groups in total. The second kappa shape index (κ2) is 5.75. The molecule has 1 aliphatic rings. The number of nitrogens with zero attached hydrogens (tertiary/aromatic N) is 1. The van der Waals surface area contributed by atoms with Crippen LogP contribution in [-0.4, -0.2) is 18.1 Å². The Bertz CT molecular complexity index is 504. The lowest BCUT2D eigenvalue weighted by atomic mass is 9.95. The van der Waals surface area contributed by atoms with E-state index in [0.717, 1.165) is 19.5 Å². The van der Waals surface area contributed by atoms with E-state index in [0.29, 0.717) is 27.6 Å². The molecule has 1 unspecified atom stereocenters. The fraction of sp³-hybridized carbons (Fsp3) is 0.500. The first kappa shape index (κ1) is 14.7. The van der Waals surface area contributed by atoms with Crippen molar-refractivity contribution in [2.75, 3.05) is 18.0 Å². The van der Waals surface area contributed by atoms with Gasteiger partial charge in [0.15, 0.2) is 5.82 Å². The molecule has 0 saturated carbocycles. The zero-order chi connectivity index (χ0) is 14.2. The molecule has 5 heteroatoms. The first-order valence-corrected chi connectivity index (χ1v) is 7.64. The van der Waals surface area contributed by atoms with Crippen molar-refractivity contribution in [3.8, 4) is 0 Å². The molecule has 0 aromatic heterocycles. The fourth-order valence-electron chi connectivity index (χ4n) is 2.52. The molecular formula is C14H18BrFN2S. The van der Waals surface area contributed by atoms with Crippen molar-refractivity contribution in [1.29, 1.82) is 0 Å². The van der Waals surface area contributed by atoms with Crippen LogP contribution in [0.4, 0.5) is 10.1 Å². The summed E-state index contributed by atoms with van der Waals surface area (Å²) in [6.07, 6.45) is 1.12. The van der Waals surface area contributed by atoms with Gasteiger partial charge in [-0.25, -0.2) is 4.39 Å². The molecule has 1 atom stereocenters. The van der Waals surface area contributed by atoms with Gasteiger partial charge in [-0.05, 0) is 46.3 Å². The first-order valence-electron chi connectivity index (χ1n) is 6.44. The standard InChI is InChI=1S/C14H18BrFN2S/c1-8(2)9-5-6-18(7-9)11-4-3-10(14(17)19)12(15)13(11)16/h3-4,8-9H,5-7H2,1-2H3,(H2,17,19). The molecule has 0 bridgehead atoms.